The number of hydrogen-bond acceptors (Lipinski definition) is 3. The van der Waals surface area contributed by atoms with Crippen LogP contribution in [0, 0.1) is 18.2 Å². The predicted molar refractivity (Wildman–Crippen MR) is 98.3 cm³/mol. The summed E-state index contributed by atoms with van der Waals surface area (Å²) in [4.78, 5) is 26.6. The van der Waals surface area contributed by atoms with Crippen LogP contribution >= 0.6 is 0 Å². The zero-order valence-electron chi connectivity index (χ0n) is 15.1. The Kier molecular flexibility index (Phi) is 4.23. The van der Waals surface area contributed by atoms with Gasteiger partial charge in [-0.15, -0.1) is 0 Å². The molecule has 1 spiro atoms. The van der Waals surface area contributed by atoms with E-state index in [2.05, 4.69) is 0 Å². The van der Waals surface area contributed by atoms with Crippen molar-refractivity contribution in [3.05, 3.63) is 64.5 Å². The number of rotatable bonds is 2. The maximum absolute atomic E-state index is 13.6. The summed E-state index contributed by atoms with van der Waals surface area (Å²) in [5, 5.41) is 8.80. The summed E-state index contributed by atoms with van der Waals surface area (Å²) in [6.45, 7) is 2.33. The molecule has 0 radical (unpaired) electrons. The van der Waals surface area contributed by atoms with Gasteiger partial charge >= 0.3 is 0 Å². The third kappa shape index (κ3) is 2.90. The van der Waals surface area contributed by atoms with E-state index in [1.54, 1.807) is 41.6 Å². The Morgan fingerprint density at radius 2 is 2.00 bits per heavy atom. The Morgan fingerprint density at radius 1 is 1.19 bits per heavy atom. The highest BCUT2D eigenvalue weighted by molar-refractivity contribution is 6.00. The van der Waals surface area contributed by atoms with Crippen molar-refractivity contribution < 1.29 is 19.2 Å². The number of anilines is 1. The normalized spacial score (nSPS) is 21.4. The van der Waals surface area contributed by atoms with Gasteiger partial charge in [0.2, 0.25) is 5.91 Å². The summed E-state index contributed by atoms with van der Waals surface area (Å²) in [6.07, 6.45) is 2.84. The lowest BCUT2D eigenvalue weighted by molar-refractivity contribution is -0.126. The van der Waals surface area contributed by atoms with Gasteiger partial charge in [-0.2, -0.15) is 0 Å². The molecule has 1 fully saturated rings. The molecule has 5 nitrogen and oxygen atoms in total. The highest BCUT2D eigenvalue weighted by Crippen LogP contribution is 2.45. The second-order valence-corrected chi connectivity index (χ2v) is 7.52. The first kappa shape index (κ1) is 17.7. The van der Waals surface area contributed by atoms with Gasteiger partial charge in [-0.1, -0.05) is 6.07 Å². The minimum absolute atomic E-state index is 0.0938. The van der Waals surface area contributed by atoms with Gasteiger partial charge in [-0.25, -0.2) is 9.87 Å². The number of nitrogens with one attached hydrogen (secondary N) is 1. The molecular weight excluding hydrogens is 347 g/mol. The number of aryl methyl sites for hydroxylation is 2. The molecule has 140 valence electrons. The molecule has 1 aliphatic heterocycles. The van der Waals surface area contributed by atoms with E-state index < -0.39 is 11.3 Å². The second kappa shape index (κ2) is 6.46. The van der Waals surface area contributed by atoms with E-state index in [4.69, 9.17) is 5.21 Å². The Hall–Kier alpha value is -2.73. The van der Waals surface area contributed by atoms with Crippen LogP contribution in [0.5, 0.6) is 0 Å². The number of carbonyl (C=O) groups is 2. The van der Waals surface area contributed by atoms with Gasteiger partial charge in [-0.3, -0.25) is 14.8 Å². The van der Waals surface area contributed by atoms with Crippen molar-refractivity contribution in [2.24, 2.45) is 5.41 Å². The minimum atomic E-state index is -0.534. The van der Waals surface area contributed by atoms with E-state index in [1.165, 1.54) is 6.07 Å². The monoisotopic (exact) mass is 368 g/mol. The zero-order chi connectivity index (χ0) is 19.2. The Balaban J connectivity index is 1.60. The maximum Gasteiger partial charge on any atom is 0.274 e. The van der Waals surface area contributed by atoms with E-state index in [0.29, 0.717) is 30.5 Å². The molecule has 2 N–H and O–H groups in total. The van der Waals surface area contributed by atoms with Gasteiger partial charge < -0.3 is 4.90 Å². The fraction of sp³-hybridized carbons (Fsp3) is 0.333. The molecular formula is C21H21FN2O3. The van der Waals surface area contributed by atoms with Gasteiger partial charge in [0.1, 0.15) is 5.82 Å². The molecule has 0 aromatic heterocycles. The van der Waals surface area contributed by atoms with Crippen LogP contribution in [-0.4, -0.2) is 23.6 Å². The molecule has 1 heterocycles. The van der Waals surface area contributed by atoms with E-state index in [0.717, 1.165) is 29.7 Å². The summed E-state index contributed by atoms with van der Waals surface area (Å²) in [6, 6.07) is 10.1. The van der Waals surface area contributed by atoms with Crippen LogP contribution < -0.4 is 10.4 Å². The molecule has 4 rings (SSSR count). The number of fused-ring (bicyclic) bond motifs is 1. The van der Waals surface area contributed by atoms with Crippen molar-refractivity contribution >= 4 is 17.5 Å². The number of hydroxylamine groups is 1. The summed E-state index contributed by atoms with van der Waals surface area (Å²) in [5.41, 5.74) is 5.02. The van der Waals surface area contributed by atoms with Crippen molar-refractivity contribution in [1.82, 2.24) is 5.48 Å². The molecule has 27 heavy (non-hydrogen) atoms. The van der Waals surface area contributed by atoms with Gasteiger partial charge in [0.15, 0.2) is 0 Å². The summed E-state index contributed by atoms with van der Waals surface area (Å²) in [7, 11) is 0. The molecule has 2 aliphatic rings. The van der Waals surface area contributed by atoms with Gasteiger partial charge in [0.05, 0.1) is 5.41 Å². The lowest BCUT2D eigenvalue weighted by Gasteiger charge is -2.33. The smallest absolute Gasteiger partial charge is 0.274 e. The van der Waals surface area contributed by atoms with Crippen molar-refractivity contribution in [2.45, 2.75) is 32.6 Å². The van der Waals surface area contributed by atoms with Gasteiger partial charge in [0, 0.05) is 17.8 Å². The van der Waals surface area contributed by atoms with Crippen LogP contribution in [0.4, 0.5) is 10.1 Å². The number of halogens is 1. The number of carbonyl (C=O) groups excluding carboxylic acids is 2. The van der Waals surface area contributed by atoms with E-state index >= 15 is 0 Å². The SMILES string of the molecule is Cc1cc(N2CC[C@]3(CCc4cc(C(=O)NO)ccc4C3)C2=O)ccc1F. The quantitative estimate of drug-likeness (QED) is 0.632. The lowest BCUT2D eigenvalue weighted by atomic mass is 9.70. The minimum Gasteiger partial charge on any atom is -0.312 e. The van der Waals surface area contributed by atoms with Crippen LogP contribution in [-0.2, 0) is 17.6 Å². The average Bonchev–Trinajstić information content (AvgIpc) is 2.99. The number of amides is 2. The van der Waals surface area contributed by atoms with Gasteiger partial charge in [-0.05, 0) is 79.6 Å². The molecule has 6 heteroatoms. The van der Waals surface area contributed by atoms with Crippen LogP contribution in [0.1, 0.15) is 39.9 Å². The van der Waals surface area contributed by atoms with Crippen molar-refractivity contribution in [2.75, 3.05) is 11.4 Å². The molecule has 2 aromatic rings. The molecule has 1 aliphatic carbocycles. The number of benzene rings is 2. The van der Waals surface area contributed by atoms with Crippen LogP contribution in [0.25, 0.3) is 0 Å². The van der Waals surface area contributed by atoms with Crippen molar-refractivity contribution in [3.63, 3.8) is 0 Å². The summed E-state index contributed by atoms with van der Waals surface area (Å²) < 4.78 is 13.6. The van der Waals surface area contributed by atoms with Crippen LogP contribution in [0.3, 0.4) is 0 Å². The number of nitrogens with zero attached hydrogens (tertiary/aromatic N) is 1. The third-order valence-corrected chi connectivity index (χ3v) is 5.94. The summed E-state index contributed by atoms with van der Waals surface area (Å²) >= 11 is 0. The van der Waals surface area contributed by atoms with E-state index in [1.807, 2.05) is 6.07 Å². The van der Waals surface area contributed by atoms with E-state index in [9.17, 15) is 14.0 Å². The molecule has 1 atom stereocenters. The predicted octanol–water partition coefficient (Wildman–Crippen LogP) is 3.17. The van der Waals surface area contributed by atoms with Gasteiger partial charge in [0.25, 0.3) is 5.91 Å². The van der Waals surface area contributed by atoms with Crippen LogP contribution in [0.2, 0.25) is 0 Å². The molecule has 0 unspecified atom stereocenters. The first-order chi connectivity index (χ1) is 12.9. The Bertz CT molecular complexity index is 943. The molecule has 2 amide bonds. The molecule has 0 saturated carbocycles. The molecule has 0 bridgehead atoms. The van der Waals surface area contributed by atoms with Crippen molar-refractivity contribution in [1.29, 1.82) is 0 Å². The highest BCUT2D eigenvalue weighted by atomic mass is 19.1. The average molecular weight is 368 g/mol. The van der Waals surface area contributed by atoms with Crippen molar-refractivity contribution in [3.8, 4) is 0 Å². The highest BCUT2D eigenvalue weighted by Gasteiger charge is 2.48. The largest absolute Gasteiger partial charge is 0.312 e. The molecule has 1 saturated heterocycles. The first-order valence-electron chi connectivity index (χ1n) is 9.08. The maximum atomic E-state index is 13.6. The third-order valence-electron chi connectivity index (χ3n) is 5.94. The zero-order valence-corrected chi connectivity index (χ0v) is 15.1. The number of hydrogen-bond donors (Lipinski definition) is 2. The van der Waals surface area contributed by atoms with E-state index in [-0.39, 0.29) is 11.7 Å². The Morgan fingerprint density at radius 3 is 2.74 bits per heavy atom. The first-order valence-corrected chi connectivity index (χ1v) is 9.08. The lowest BCUT2D eigenvalue weighted by Crippen LogP contribution is -2.38. The van der Waals surface area contributed by atoms with Crippen LogP contribution in [0.15, 0.2) is 36.4 Å². The summed E-state index contributed by atoms with van der Waals surface area (Å²) in [5.74, 6) is -0.710. The standard InChI is InChI=1S/C21H21FN2O3/c1-13-10-17(4-5-18(13)22)24-9-8-21(20(24)26)7-6-14-11-15(19(25)23-27)2-3-16(14)12-21/h2-5,10-11,27H,6-9,12H2,1H3,(H,23,25)/t21-/m0/s1. The fourth-order valence-electron chi connectivity index (χ4n) is 4.32. The second-order valence-electron chi connectivity index (χ2n) is 7.52. The molecule has 2 aromatic carbocycles. The topological polar surface area (TPSA) is 69.6 Å². The fourth-order valence-corrected chi connectivity index (χ4v) is 4.32. The Labute approximate surface area is 156 Å².